The molecule has 2 heteroatoms. The lowest BCUT2D eigenvalue weighted by Crippen LogP contribution is -1.71. The molecule has 0 saturated heterocycles. The molecule has 0 saturated carbocycles. The Labute approximate surface area is 47.4 Å². The summed E-state index contributed by atoms with van der Waals surface area (Å²) in [6.45, 7) is 0. The Bertz CT molecular complexity index is 198. The zero-order valence-corrected chi connectivity index (χ0v) is 4.20. The van der Waals surface area contributed by atoms with Crippen molar-refractivity contribution in [2.24, 2.45) is 0 Å². The maximum Gasteiger partial charge on any atom is 0.0992 e. The Balaban J connectivity index is 3.05. The van der Waals surface area contributed by atoms with Crippen LogP contribution in [0.3, 0.4) is 0 Å². The largest absolute Gasteiger partial charge is 0.265 e. The number of nitrogens with zero attached hydrogens (tertiary/aromatic N) is 2. The van der Waals surface area contributed by atoms with E-state index in [9.17, 15) is 0 Å². The molecule has 1 heterocycles. The maximum absolute atomic E-state index is 8.26. The molecule has 8 heavy (non-hydrogen) atoms. The van der Waals surface area contributed by atoms with Gasteiger partial charge in [0.05, 0.1) is 11.6 Å². The molecule has 0 spiro atoms. The van der Waals surface area contributed by atoms with Crippen LogP contribution in [0.25, 0.3) is 0 Å². The van der Waals surface area contributed by atoms with Gasteiger partial charge in [-0.25, -0.2) is 0 Å². The summed E-state index contributed by atoms with van der Waals surface area (Å²) < 4.78 is 0. The molecule has 0 aliphatic heterocycles. The third-order valence-electron chi connectivity index (χ3n) is 0.809. The van der Waals surface area contributed by atoms with E-state index in [1.54, 1.807) is 24.5 Å². The van der Waals surface area contributed by atoms with Gasteiger partial charge in [-0.2, -0.15) is 5.26 Å². The summed E-state index contributed by atoms with van der Waals surface area (Å²) >= 11 is 0. The number of aromatic nitrogens is 1. The molecule has 0 unspecified atom stereocenters. The minimum absolute atomic E-state index is 0.653. The van der Waals surface area contributed by atoms with Crippen molar-refractivity contribution in [1.82, 2.24) is 4.98 Å². The molecule has 0 atom stereocenters. The monoisotopic (exact) mass is 107 g/mol. The maximum atomic E-state index is 8.26. The van der Waals surface area contributed by atoms with Crippen LogP contribution in [-0.2, 0) is 0 Å². The van der Waals surface area contributed by atoms with E-state index < -0.39 is 0 Å². The van der Waals surface area contributed by atoms with Crippen molar-refractivity contribution in [2.45, 2.75) is 0 Å². The van der Waals surface area contributed by atoms with Gasteiger partial charge in [-0.3, -0.25) is 4.98 Å². The molecule has 1 rings (SSSR count). The van der Waals surface area contributed by atoms with Crippen molar-refractivity contribution in [3.8, 4) is 6.07 Å². The second-order valence-corrected chi connectivity index (χ2v) is 1.35. The van der Waals surface area contributed by atoms with Crippen LogP contribution >= 0.6 is 0 Å². The first-order chi connectivity index (χ1) is 3.93. The van der Waals surface area contributed by atoms with Crippen molar-refractivity contribution < 1.29 is 0 Å². The van der Waals surface area contributed by atoms with Crippen LogP contribution in [-0.4, -0.2) is 4.98 Å². The number of hydrogen-bond acceptors (Lipinski definition) is 2. The van der Waals surface area contributed by atoms with Gasteiger partial charge in [0, 0.05) is 12.4 Å². The second kappa shape index (κ2) is 2.08. The van der Waals surface area contributed by atoms with Crippen molar-refractivity contribution in [3.05, 3.63) is 30.1 Å². The third kappa shape index (κ3) is 0.824. The van der Waals surface area contributed by atoms with E-state index in [2.05, 4.69) is 4.98 Å². The van der Waals surface area contributed by atoms with Gasteiger partial charge in [0.2, 0.25) is 0 Å². The Morgan fingerprint density at radius 2 is 2.00 bits per heavy atom. The van der Waals surface area contributed by atoms with Gasteiger partial charge in [0.15, 0.2) is 0 Å². The lowest BCUT2D eigenvalue weighted by molar-refractivity contribution is 1.31. The van der Waals surface area contributed by atoms with Gasteiger partial charge in [0.25, 0.3) is 0 Å². The molecule has 38 valence electrons. The van der Waals surface area contributed by atoms with Gasteiger partial charge >= 0.3 is 0 Å². The molecule has 2 nitrogen and oxygen atoms in total. The van der Waals surface area contributed by atoms with Gasteiger partial charge in [0.1, 0.15) is 0 Å². The molecule has 1 aromatic rings. The Morgan fingerprint density at radius 3 is 2.38 bits per heavy atom. The van der Waals surface area contributed by atoms with Crippen LogP contribution < -0.4 is 0 Å². The summed E-state index contributed by atoms with van der Waals surface area (Å²) in [5.41, 5.74) is 0.653. The zero-order chi connectivity index (χ0) is 5.82. The summed E-state index contributed by atoms with van der Waals surface area (Å²) in [6, 6.07) is 5.32. The molecule has 0 bridgehead atoms. The quantitative estimate of drug-likeness (QED) is 0.463. The van der Waals surface area contributed by atoms with Gasteiger partial charge in [-0.05, 0) is 12.1 Å². The molecule has 0 N–H and O–H groups in total. The summed E-state index contributed by atoms with van der Waals surface area (Å²) in [7, 11) is 0. The number of rotatable bonds is 0. The van der Waals surface area contributed by atoms with Gasteiger partial charge < -0.3 is 0 Å². The van der Waals surface area contributed by atoms with E-state index in [0.717, 1.165) is 0 Å². The van der Waals surface area contributed by atoms with E-state index in [-0.39, 0.29) is 0 Å². The van der Waals surface area contributed by atoms with E-state index in [1.807, 2.05) is 6.07 Å². The highest BCUT2D eigenvalue weighted by atomic mass is 14.9. The fraction of sp³-hybridized carbons (Fsp3) is 0. The van der Waals surface area contributed by atoms with Crippen LogP contribution in [0.15, 0.2) is 24.5 Å². The fourth-order valence-electron chi connectivity index (χ4n) is 0.426. The Morgan fingerprint density at radius 1 is 1.38 bits per heavy atom. The molecule has 0 aliphatic rings. The summed E-state index contributed by atoms with van der Waals surface area (Å²) in [6.07, 6.45) is 3.19. The Kier molecular flexibility index (Phi) is 1.25. The minimum atomic E-state index is 0.653. The second-order valence-electron chi connectivity index (χ2n) is 1.35. The predicted octanol–water partition coefficient (Wildman–Crippen LogP) is 0.953. The lowest BCUT2D eigenvalue weighted by Gasteiger charge is -1.79. The van der Waals surface area contributed by atoms with Gasteiger partial charge in [-0.15, -0.1) is 0 Å². The smallest absolute Gasteiger partial charge is 0.0992 e. The molecule has 0 fully saturated rings. The zero-order valence-electron chi connectivity index (χ0n) is 4.20. The highest BCUT2D eigenvalue weighted by Crippen LogP contribution is 1.89. The summed E-state index contributed by atoms with van der Waals surface area (Å²) in [4.78, 5) is 3.74. The average molecular weight is 107 g/mol. The van der Waals surface area contributed by atoms with Crippen LogP contribution in [0.1, 0.15) is 5.56 Å². The predicted molar refractivity (Wildman–Crippen MR) is 29.0 cm³/mol. The number of nitriles is 1. The average Bonchev–Trinajstić information content (AvgIpc) is 1.90. The topological polar surface area (TPSA) is 36.7 Å². The minimum Gasteiger partial charge on any atom is -0.265 e. The molecular formula is C6H4N2. The number of hydrogen-bond donors (Lipinski definition) is 0. The van der Waals surface area contributed by atoms with E-state index >= 15 is 0 Å². The van der Waals surface area contributed by atoms with E-state index in [4.69, 9.17) is 5.26 Å². The van der Waals surface area contributed by atoms with Crippen LogP contribution in [0.5, 0.6) is 0 Å². The van der Waals surface area contributed by atoms with E-state index in [0.29, 0.717) is 5.56 Å². The van der Waals surface area contributed by atoms with Crippen molar-refractivity contribution in [2.75, 3.05) is 0 Å². The molecule has 0 aromatic carbocycles. The standard InChI is InChI=1S/C6H4N2/c7-5-6-1-3-8-4-2-6/h1-4H/i3+1,4+1,5+1. The SMILES string of the molecule is N#[13C]c1c[13cH]n[13cH]c1. The van der Waals surface area contributed by atoms with Crippen molar-refractivity contribution in [3.63, 3.8) is 0 Å². The molecule has 1 aromatic heterocycles. The number of pyridine rings is 1. The lowest BCUT2D eigenvalue weighted by atomic mass is 10.5. The first-order valence-corrected chi connectivity index (χ1v) is 2.23. The van der Waals surface area contributed by atoms with Crippen LogP contribution in [0.2, 0.25) is 0 Å². The van der Waals surface area contributed by atoms with Crippen molar-refractivity contribution in [1.29, 1.82) is 5.26 Å². The first-order valence-electron chi connectivity index (χ1n) is 2.23. The van der Waals surface area contributed by atoms with E-state index in [1.165, 1.54) is 0 Å². The molecule has 0 radical (unpaired) electrons. The van der Waals surface area contributed by atoms with Crippen LogP contribution in [0.4, 0.5) is 0 Å². The first kappa shape index (κ1) is 4.79. The highest BCUT2D eigenvalue weighted by Gasteiger charge is 1.80. The molecule has 0 amide bonds. The summed E-state index contributed by atoms with van der Waals surface area (Å²) in [5, 5.41) is 8.26. The highest BCUT2D eigenvalue weighted by molar-refractivity contribution is 5.24. The normalized spacial score (nSPS) is 7.88. The van der Waals surface area contributed by atoms with Crippen LogP contribution in [0, 0.1) is 11.3 Å². The molecule has 0 aliphatic carbocycles. The third-order valence-corrected chi connectivity index (χ3v) is 0.809. The molecular weight excluding hydrogens is 103 g/mol. The fourth-order valence-corrected chi connectivity index (χ4v) is 0.426. The van der Waals surface area contributed by atoms with Gasteiger partial charge in [-0.1, -0.05) is 0 Å². The Hall–Kier alpha value is -1.36. The van der Waals surface area contributed by atoms with Crippen molar-refractivity contribution >= 4 is 0 Å². The summed E-state index contributed by atoms with van der Waals surface area (Å²) in [5.74, 6) is 0.